The van der Waals surface area contributed by atoms with Gasteiger partial charge in [-0.2, -0.15) is 0 Å². The molecule has 0 unspecified atom stereocenters. The lowest BCUT2D eigenvalue weighted by Crippen LogP contribution is -2.33. The number of nitrogens with one attached hydrogen (secondary N) is 2. The Bertz CT molecular complexity index is 763. The second-order valence-electron chi connectivity index (χ2n) is 6.28. The zero-order chi connectivity index (χ0) is 17.1. The number of fused-ring (bicyclic) bond motifs is 1. The van der Waals surface area contributed by atoms with Crippen LogP contribution >= 0.6 is 0 Å². The van der Waals surface area contributed by atoms with E-state index < -0.39 is 0 Å². The molecule has 1 aromatic heterocycles. The second kappa shape index (κ2) is 7.03. The molecule has 1 aliphatic rings. The van der Waals surface area contributed by atoms with Crippen LogP contribution in [0.4, 0.5) is 4.39 Å². The zero-order valence-corrected chi connectivity index (χ0v) is 13.8. The van der Waals surface area contributed by atoms with E-state index in [4.69, 9.17) is 0 Å². The average molecular weight is 331 g/mol. The Morgan fingerprint density at radius 2 is 2.04 bits per heavy atom. The number of carbonyl (C=O) groups is 2. The van der Waals surface area contributed by atoms with E-state index in [2.05, 4.69) is 10.3 Å². The first-order valence-corrected chi connectivity index (χ1v) is 8.36. The maximum absolute atomic E-state index is 13.4. The molecule has 0 saturated carbocycles. The summed E-state index contributed by atoms with van der Waals surface area (Å²) in [4.78, 5) is 29.1. The van der Waals surface area contributed by atoms with Gasteiger partial charge in [0.25, 0.3) is 0 Å². The molecule has 0 spiro atoms. The van der Waals surface area contributed by atoms with Crippen molar-refractivity contribution in [3.8, 4) is 0 Å². The predicted molar refractivity (Wildman–Crippen MR) is 90.1 cm³/mol. The van der Waals surface area contributed by atoms with Gasteiger partial charge in [0.05, 0.1) is 6.42 Å². The summed E-state index contributed by atoms with van der Waals surface area (Å²) in [6.07, 6.45) is 2.63. The predicted octanol–water partition coefficient (Wildman–Crippen LogP) is 2.29. The van der Waals surface area contributed by atoms with Gasteiger partial charge in [0.2, 0.25) is 11.8 Å². The highest BCUT2D eigenvalue weighted by molar-refractivity contribution is 5.90. The molecule has 24 heavy (non-hydrogen) atoms. The smallest absolute Gasteiger partial charge is 0.224 e. The van der Waals surface area contributed by atoms with Crippen molar-refractivity contribution in [2.24, 2.45) is 0 Å². The summed E-state index contributed by atoms with van der Waals surface area (Å²) in [5.74, 6) is -0.380. The van der Waals surface area contributed by atoms with Crippen LogP contribution in [0.3, 0.4) is 0 Å². The van der Waals surface area contributed by atoms with Gasteiger partial charge in [-0.15, -0.1) is 0 Å². The van der Waals surface area contributed by atoms with Gasteiger partial charge >= 0.3 is 0 Å². The Balaban J connectivity index is 1.56. The number of carbonyl (C=O) groups excluding carboxylic acids is 2. The van der Waals surface area contributed by atoms with E-state index in [1.54, 1.807) is 6.07 Å². The van der Waals surface area contributed by atoms with Crippen molar-refractivity contribution < 1.29 is 14.0 Å². The lowest BCUT2D eigenvalue weighted by atomic mass is 10.1. The SMILES string of the molecule is Cc1[nH]c2ccc(F)cc2c1CC(=O)NCCC(=O)N1CCCC1. The van der Waals surface area contributed by atoms with Crippen LogP contribution in [0.2, 0.25) is 0 Å². The summed E-state index contributed by atoms with van der Waals surface area (Å²) < 4.78 is 13.4. The van der Waals surface area contributed by atoms with Gasteiger partial charge < -0.3 is 15.2 Å². The van der Waals surface area contributed by atoms with Gasteiger partial charge in [-0.3, -0.25) is 9.59 Å². The fourth-order valence-electron chi connectivity index (χ4n) is 3.24. The fourth-order valence-corrected chi connectivity index (χ4v) is 3.24. The van der Waals surface area contributed by atoms with E-state index in [0.29, 0.717) is 13.0 Å². The van der Waals surface area contributed by atoms with E-state index in [-0.39, 0.29) is 24.1 Å². The first kappa shape index (κ1) is 16.5. The topological polar surface area (TPSA) is 65.2 Å². The molecular weight excluding hydrogens is 309 g/mol. The van der Waals surface area contributed by atoms with Crippen LogP contribution in [-0.4, -0.2) is 41.3 Å². The first-order chi connectivity index (χ1) is 11.5. The number of aryl methyl sites for hydroxylation is 1. The summed E-state index contributed by atoms with van der Waals surface area (Å²) in [5, 5.41) is 3.52. The maximum atomic E-state index is 13.4. The molecular formula is C18H22FN3O2. The minimum atomic E-state index is -0.320. The molecule has 0 radical (unpaired) electrons. The molecule has 2 heterocycles. The monoisotopic (exact) mass is 331 g/mol. The molecule has 1 fully saturated rings. The highest BCUT2D eigenvalue weighted by Crippen LogP contribution is 2.23. The molecule has 128 valence electrons. The molecule has 1 aliphatic heterocycles. The van der Waals surface area contributed by atoms with E-state index in [1.165, 1.54) is 12.1 Å². The number of H-pyrrole nitrogens is 1. The van der Waals surface area contributed by atoms with Crippen molar-refractivity contribution in [3.05, 3.63) is 35.3 Å². The number of aromatic nitrogens is 1. The van der Waals surface area contributed by atoms with Gasteiger partial charge in [0, 0.05) is 42.7 Å². The maximum Gasteiger partial charge on any atom is 0.224 e. The number of hydrogen-bond donors (Lipinski definition) is 2. The number of halogens is 1. The van der Waals surface area contributed by atoms with Crippen LogP contribution in [0, 0.1) is 12.7 Å². The molecule has 1 aromatic carbocycles. The van der Waals surface area contributed by atoms with Crippen molar-refractivity contribution in [3.63, 3.8) is 0 Å². The minimum absolute atomic E-state index is 0.0955. The number of rotatable bonds is 5. The van der Waals surface area contributed by atoms with Crippen LogP contribution in [0.15, 0.2) is 18.2 Å². The van der Waals surface area contributed by atoms with Crippen LogP contribution < -0.4 is 5.32 Å². The van der Waals surface area contributed by atoms with Gasteiger partial charge in [-0.05, 0) is 43.5 Å². The molecule has 6 heteroatoms. The third-order valence-electron chi connectivity index (χ3n) is 4.54. The molecule has 1 saturated heterocycles. The Labute approximate surface area is 140 Å². The van der Waals surface area contributed by atoms with Gasteiger partial charge in [-0.25, -0.2) is 4.39 Å². The Kier molecular flexibility index (Phi) is 4.83. The van der Waals surface area contributed by atoms with Crippen molar-refractivity contribution in [2.45, 2.75) is 32.6 Å². The molecule has 0 atom stereocenters. The average Bonchev–Trinajstić information content (AvgIpc) is 3.17. The minimum Gasteiger partial charge on any atom is -0.358 e. The Morgan fingerprint density at radius 1 is 1.29 bits per heavy atom. The largest absolute Gasteiger partial charge is 0.358 e. The standard InChI is InChI=1S/C18H22FN3O2/c1-12-14(15-10-13(19)4-5-16(15)21-12)11-17(23)20-7-6-18(24)22-8-2-3-9-22/h4-5,10,21H,2-3,6-9,11H2,1H3,(H,20,23). The number of amides is 2. The summed E-state index contributed by atoms with van der Waals surface area (Å²) in [6, 6.07) is 4.51. The van der Waals surface area contributed by atoms with Crippen LogP contribution in [0.25, 0.3) is 10.9 Å². The quantitative estimate of drug-likeness (QED) is 0.883. The van der Waals surface area contributed by atoms with Crippen molar-refractivity contribution in [1.29, 1.82) is 0 Å². The summed E-state index contributed by atoms with van der Waals surface area (Å²) in [6.45, 7) is 3.86. The molecule has 3 rings (SSSR count). The van der Waals surface area contributed by atoms with Crippen molar-refractivity contribution in [2.75, 3.05) is 19.6 Å². The summed E-state index contributed by atoms with van der Waals surface area (Å²) >= 11 is 0. The van der Waals surface area contributed by atoms with E-state index >= 15 is 0 Å². The third kappa shape index (κ3) is 3.58. The lowest BCUT2D eigenvalue weighted by molar-refractivity contribution is -0.130. The van der Waals surface area contributed by atoms with Gasteiger partial charge in [0.15, 0.2) is 0 Å². The van der Waals surface area contributed by atoms with E-state index in [0.717, 1.165) is 48.1 Å². The zero-order valence-electron chi connectivity index (χ0n) is 13.8. The highest BCUT2D eigenvalue weighted by Gasteiger charge is 2.18. The molecule has 0 aliphatic carbocycles. The number of likely N-dealkylation sites (tertiary alicyclic amines) is 1. The lowest BCUT2D eigenvalue weighted by Gasteiger charge is -2.15. The Morgan fingerprint density at radius 3 is 2.79 bits per heavy atom. The molecule has 2 N–H and O–H groups in total. The molecule has 2 amide bonds. The summed E-state index contributed by atoms with van der Waals surface area (Å²) in [5.41, 5.74) is 2.48. The van der Waals surface area contributed by atoms with Crippen LogP contribution in [0.1, 0.15) is 30.5 Å². The number of hydrogen-bond acceptors (Lipinski definition) is 2. The molecule has 5 nitrogen and oxygen atoms in total. The highest BCUT2D eigenvalue weighted by atomic mass is 19.1. The van der Waals surface area contributed by atoms with Crippen molar-refractivity contribution >= 4 is 22.7 Å². The van der Waals surface area contributed by atoms with Gasteiger partial charge in [-0.1, -0.05) is 0 Å². The number of nitrogens with zero attached hydrogens (tertiary/aromatic N) is 1. The third-order valence-corrected chi connectivity index (χ3v) is 4.54. The molecule has 0 bridgehead atoms. The second-order valence-corrected chi connectivity index (χ2v) is 6.28. The summed E-state index contributed by atoms with van der Waals surface area (Å²) in [7, 11) is 0. The van der Waals surface area contributed by atoms with Gasteiger partial charge in [0.1, 0.15) is 5.82 Å². The normalized spacial score (nSPS) is 14.3. The first-order valence-electron chi connectivity index (χ1n) is 8.36. The number of aromatic amines is 1. The van der Waals surface area contributed by atoms with Crippen LogP contribution in [-0.2, 0) is 16.0 Å². The van der Waals surface area contributed by atoms with Crippen molar-refractivity contribution in [1.82, 2.24) is 15.2 Å². The van der Waals surface area contributed by atoms with E-state index in [1.807, 2.05) is 11.8 Å². The van der Waals surface area contributed by atoms with E-state index in [9.17, 15) is 14.0 Å². The fraction of sp³-hybridized carbons (Fsp3) is 0.444. The number of benzene rings is 1. The molecule has 2 aromatic rings. The Hall–Kier alpha value is -2.37. The van der Waals surface area contributed by atoms with Crippen LogP contribution in [0.5, 0.6) is 0 Å².